The first-order valence-electron chi connectivity index (χ1n) is 6.18. The van der Waals surface area contributed by atoms with Crippen LogP contribution in [0.5, 0.6) is 17.2 Å². The third-order valence-corrected chi connectivity index (χ3v) is 3.10. The van der Waals surface area contributed by atoms with E-state index in [-0.39, 0.29) is 11.0 Å². The van der Waals surface area contributed by atoms with E-state index in [1.807, 2.05) is 26.0 Å². The number of hydrogen-bond donors (Lipinski definition) is 0. The molecule has 2 aromatic rings. The molecule has 4 nitrogen and oxygen atoms in total. The molecule has 5 heteroatoms. The second-order valence-electron chi connectivity index (χ2n) is 4.45. The molecular weight excluding hydrogens is 276 g/mol. The molecule has 0 aliphatic carbocycles. The molecule has 0 heterocycles. The van der Waals surface area contributed by atoms with Crippen LogP contribution < -0.4 is 9.47 Å². The largest absolute Gasteiger partial charge is 0.768 e. The maximum atomic E-state index is 10.7. The second kappa shape index (κ2) is 6.54. The summed E-state index contributed by atoms with van der Waals surface area (Å²) in [4.78, 5) is 0.234. The van der Waals surface area contributed by atoms with Gasteiger partial charge in [-0.1, -0.05) is 0 Å². The fourth-order valence-electron chi connectivity index (χ4n) is 1.61. The summed E-state index contributed by atoms with van der Waals surface area (Å²) in [6.45, 7) is 3.93. The molecule has 0 saturated carbocycles. The SMILES string of the molecule is CC(C)Oc1ccc(Oc2ccc(S(=O)[O-])cc2)cc1. The Kier molecular flexibility index (Phi) is 4.76. The normalized spacial score (nSPS) is 12.2. The van der Waals surface area contributed by atoms with Gasteiger partial charge in [0.25, 0.3) is 0 Å². The highest BCUT2D eigenvalue weighted by molar-refractivity contribution is 7.79. The highest BCUT2D eigenvalue weighted by Gasteiger charge is 2.01. The first-order chi connectivity index (χ1) is 9.54. The fourth-order valence-corrected chi connectivity index (χ4v) is 1.97. The van der Waals surface area contributed by atoms with Gasteiger partial charge in [0.2, 0.25) is 0 Å². The summed E-state index contributed by atoms with van der Waals surface area (Å²) in [7, 11) is 0. The predicted octanol–water partition coefficient (Wildman–Crippen LogP) is 3.50. The van der Waals surface area contributed by atoms with Crippen LogP contribution in [0.4, 0.5) is 0 Å². The Bertz CT molecular complexity index is 576. The zero-order valence-corrected chi connectivity index (χ0v) is 12.1. The Morgan fingerprint density at radius 3 is 1.80 bits per heavy atom. The van der Waals surface area contributed by atoms with Crippen LogP contribution in [0.2, 0.25) is 0 Å². The minimum absolute atomic E-state index is 0.127. The molecular formula is C15H15O4S-. The van der Waals surface area contributed by atoms with Gasteiger partial charge in [0.05, 0.1) is 6.10 Å². The average Bonchev–Trinajstić information content (AvgIpc) is 2.41. The van der Waals surface area contributed by atoms with Gasteiger partial charge < -0.3 is 14.0 Å². The van der Waals surface area contributed by atoms with Crippen molar-refractivity contribution in [1.29, 1.82) is 0 Å². The Morgan fingerprint density at radius 1 is 0.900 bits per heavy atom. The minimum Gasteiger partial charge on any atom is -0.768 e. The Balaban J connectivity index is 2.04. The van der Waals surface area contributed by atoms with Crippen LogP contribution in [-0.4, -0.2) is 14.9 Å². The van der Waals surface area contributed by atoms with E-state index in [1.165, 1.54) is 12.1 Å². The summed E-state index contributed by atoms with van der Waals surface area (Å²) >= 11 is -2.21. The number of benzene rings is 2. The van der Waals surface area contributed by atoms with Gasteiger partial charge in [0.15, 0.2) is 0 Å². The summed E-state index contributed by atoms with van der Waals surface area (Å²) in [5, 5.41) is 0. The lowest BCUT2D eigenvalue weighted by Crippen LogP contribution is -2.05. The standard InChI is InChI=1S/C15H16O4S/c1-11(2)18-12-3-5-13(6-4-12)19-14-7-9-15(10-8-14)20(16)17/h3-11H,1-2H3,(H,16,17)/p-1. The maximum Gasteiger partial charge on any atom is 0.127 e. The van der Waals surface area contributed by atoms with Crippen LogP contribution in [-0.2, 0) is 11.1 Å². The van der Waals surface area contributed by atoms with Crippen LogP contribution in [0, 0.1) is 0 Å². The van der Waals surface area contributed by atoms with Crippen molar-refractivity contribution in [3.05, 3.63) is 48.5 Å². The molecule has 0 aliphatic heterocycles. The number of rotatable bonds is 5. The van der Waals surface area contributed by atoms with Gasteiger partial charge >= 0.3 is 0 Å². The maximum absolute atomic E-state index is 10.7. The third kappa shape index (κ3) is 4.08. The predicted molar refractivity (Wildman–Crippen MR) is 75.9 cm³/mol. The summed E-state index contributed by atoms with van der Waals surface area (Å²) < 4.78 is 32.6. The molecule has 0 aromatic heterocycles. The molecule has 0 aliphatic rings. The van der Waals surface area contributed by atoms with E-state index in [4.69, 9.17) is 9.47 Å². The van der Waals surface area contributed by atoms with Gasteiger partial charge in [-0.2, -0.15) is 0 Å². The van der Waals surface area contributed by atoms with E-state index in [1.54, 1.807) is 24.3 Å². The van der Waals surface area contributed by atoms with Crippen LogP contribution >= 0.6 is 0 Å². The van der Waals surface area contributed by atoms with E-state index in [2.05, 4.69) is 0 Å². The van der Waals surface area contributed by atoms with E-state index in [0.717, 1.165) is 5.75 Å². The summed E-state index contributed by atoms with van der Waals surface area (Å²) in [6, 6.07) is 13.5. The molecule has 2 rings (SSSR count). The topological polar surface area (TPSA) is 58.6 Å². The molecule has 106 valence electrons. The van der Waals surface area contributed by atoms with Gasteiger partial charge in [0, 0.05) is 4.90 Å². The molecule has 0 N–H and O–H groups in total. The van der Waals surface area contributed by atoms with Crippen LogP contribution in [0.15, 0.2) is 53.4 Å². The summed E-state index contributed by atoms with van der Waals surface area (Å²) in [5.41, 5.74) is 0. The fraction of sp³-hybridized carbons (Fsp3) is 0.200. The molecule has 0 fully saturated rings. The highest BCUT2D eigenvalue weighted by atomic mass is 32.2. The molecule has 1 unspecified atom stereocenters. The van der Waals surface area contributed by atoms with Crippen LogP contribution in [0.25, 0.3) is 0 Å². The van der Waals surface area contributed by atoms with Crippen molar-refractivity contribution in [2.24, 2.45) is 0 Å². The van der Waals surface area contributed by atoms with Gasteiger partial charge in [-0.3, -0.25) is 4.21 Å². The third-order valence-electron chi connectivity index (χ3n) is 2.45. The molecule has 0 saturated heterocycles. The van der Waals surface area contributed by atoms with Crippen molar-refractivity contribution < 1.29 is 18.2 Å². The van der Waals surface area contributed by atoms with E-state index >= 15 is 0 Å². The number of ether oxygens (including phenoxy) is 2. The summed E-state index contributed by atoms with van der Waals surface area (Å²) in [6.07, 6.45) is 0.127. The van der Waals surface area contributed by atoms with Crippen LogP contribution in [0.3, 0.4) is 0 Å². The lowest BCUT2D eigenvalue weighted by atomic mass is 10.3. The van der Waals surface area contributed by atoms with E-state index < -0.39 is 11.1 Å². The number of hydrogen-bond acceptors (Lipinski definition) is 4. The van der Waals surface area contributed by atoms with Gasteiger partial charge in [-0.15, -0.1) is 0 Å². The molecule has 0 amide bonds. The molecule has 0 radical (unpaired) electrons. The van der Waals surface area contributed by atoms with Gasteiger partial charge in [-0.05, 0) is 73.5 Å². The minimum atomic E-state index is -2.21. The lowest BCUT2D eigenvalue weighted by molar-refractivity contribution is 0.242. The van der Waals surface area contributed by atoms with Crippen molar-refractivity contribution in [2.45, 2.75) is 24.8 Å². The quantitative estimate of drug-likeness (QED) is 0.791. The van der Waals surface area contributed by atoms with E-state index in [0.29, 0.717) is 11.5 Å². The molecule has 20 heavy (non-hydrogen) atoms. The van der Waals surface area contributed by atoms with E-state index in [9.17, 15) is 8.76 Å². The second-order valence-corrected chi connectivity index (χ2v) is 5.39. The monoisotopic (exact) mass is 291 g/mol. The average molecular weight is 291 g/mol. The summed E-state index contributed by atoms with van der Waals surface area (Å²) in [5.74, 6) is 2.03. The van der Waals surface area contributed by atoms with Crippen molar-refractivity contribution in [1.82, 2.24) is 0 Å². The van der Waals surface area contributed by atoms with Gasteiger partial charge in [0.1, 0.15) is 17.2 Å². The van der Waals surface area contributed by atoms with Crippen LogP contribution in [0.1, 0.15) is 13.8 Å². The van der Waals surface area contributed by atoms with Crippen molar-refractivity contribution in [3.63, 3.8) is 0 Å². The zero-order chi connectivity index (χ0) is 14.5. The Morgan fingerprint density at radius 2 is 1.35 bits per heavy atom. The molecule has 0 spiro atoms. The lowest BCUT2D eigenvalue weighted by Gasteiger charge is -2.11. The van der Waals surface area contributed by atoms with Crippen molar-refractivity contribution in [2.75, 3.05) is 0 Å². The Hall–Kier alpha value is -1.85. The highest BCUT2D eigenvalue weighted by Crippen LogP contribution is 2.24. The molecule has 1 atom stereocenters. The Labute approximate surface area is 120 Å². The first kappa shape index (κ1) is 14.6. The molecule has 2 aromatic carbocycles. The van der Waals surface area contributed by atoms with Crippen molar-refractivity contribution in [3.8, 4) is 17.2 Å². The zero-order valence-electron chi connectivity index (χ0n) is 11.2. The smallest absolute Gasteiger partial charge is 0.127 e. The van der Waals surface area contributed by atoms with Crippen molar-refractivity contribution >= 4 is 11.1 Å². The first-order valence-corrected chi connectivity index (χ1v) is 7.26. The van der Waals surface area contributed by atoms with Gasteiger partial charge in [-0.25, -0.2) is 0 Å². The molecule has 0 bridgehead atoms.